The van der Waals surface area contributed by atoms with Crippen LogP contribution in [0.2, 0.25) is 0 Å². The van der Waals surface area contributed by atoms with Crippen LogP contribution >= 0.6 is 0 Å². The third kappa shape index (κ3) is 7.61. The highest BCUT2D eigenvalue weighted by molar-refractivity contribution is 7.86. The quantitative estimate of drug-likeness (QED) is 0.223. The maximum Gasteiger partial charge on any atom is 0.306 e. The Morgan fingerprint density at radius 2 is 1.13 bits per heavy atom. The Kier molecular flexibility index (Phi) is 8.04. The zero-order valence-corrected chi connectivity index (χ0v) is 24.0. The largest absolute Gasteiger partial charge is 0.485 e. The van der Waals surface area contributed by atoms with Gasteiger partial charge in [-0.2, -0.15) is 16.8 Å². The molecular weight excluding hydrogens is 536 g/mol. The average Bonchev–Trinajstić information content (AvgIpc) is 2.84. The van der Waals surface area contributed by atoms with Crippen molar-refractivity contribution in [3.8, 4) is 39.5 Å². The topological polar surface area (TPSA) is 96.0 Å². The van der Waals surface area contributed by atoms with E-state index in [1.54, 1.807) is 36.4 Å². The van der Waals surface area contributed by atoms with Gasteiger partial charge in [0, 0.05) is 0 Å². The van der Waals surface area contributed by atoms with Crippen LogP contribution < -0.4 is 13.1 Å². The summed E-state index contributed by atoms with van der Waals surface area (Å²) in [5.74, 6) is 0.687. The first kappa shape index (κ1) is 28.2. The van der Waals surface area contributed by atoms with Crippen LogP contribution in [0.5, 0.6) is 17.2 Å². The molecular formula is C30H30O7S2. The average molecular weight is 567 g/mol. The zero-order valence-electron chi connectivity index (χ0n) is 22.4. The molecule has 0 bridgehead atoms. The highest BCUT2D eigenvalue weighted by atomic mass is 32.2. The number of hydrogen-bond acceptors (Lipinski definition) is 7. The molecule has 39 heavy (non-hydrogen) atoms. The van der Waals surface area contributed by atoms with E-state index in [2.05, 4.69) is 0 Å². The Bertz CT molecular complexity index is 1710. The van der Waals surface area contributed by atoms with Crippen LogP contribution in [0.25, 0.3) is 22.3 Å². The normalized spacial score (nSPS) is 11.7. The minimum atomic E-state index is -3.79. The molecule has 7 nitrogen and oxygen atoms in total. The lowest BCUT2D eigenvalue weighted by atomic mass is 9.92. The molecule has 0 heterocycles. The van der Waals surface area contributed by atoms with E-state index in [0.717, 1.165) is 57.0 Å². The van der Waals surface area contributed by atoms with E-state index in [9.17, 15) is 16.8 Å². The van der Waals surface area contributed by atoms with Gasteiger partial charge in [-0.25, -0.2) is 0 Å². The summed E-state index contributed by atoms with van der Waals surface area (Å²) in [5.41, 5.74) is 7.61. The summed E-state index contributed by atoms with van der Waals surface area (Å²) in [7, 11) is -7.39. The fourth-order valence-electron chi connectivity index (χ4n) is 4.17. The summed E-state index contributed by atoms with van der Waals surface area (Å²) in [5, 5.41) is 0. The second-order valence-electron chi connectivity index (χ2n) is 9.52. The molecule has 0 aliphatic carbocycles. The summed E-state index contributed by atoms with van der Waals surface area (Å²) in [4.78, 5) is 0. The van der Waals surface area contributed by atoms with Crippen LogP contribution in [0.4, 0.5) is 0 Å². The van der Waals surface area contributed by atoms with Crippen molar-refractivity contribution in [2.24, 2.45) is 0 Å². The van der Waals surface area contributed by atoms with Gasteiger partial charge < -0.3 is 13.1 Å². The molecule has 0 N–H and O–H groups in total. The number of benzene rings is 4. The molecule has 0 atom stereocenters. The first-order valence-electron chi connectivity index (χ1n) is 12.1. The van der Waals surface area contributed by atoms with Crippen molar-refractivity contribution in [1.29, 1.82) is 0 Å². The Morgan fingerprint density at radius 3 is 1.69 bits per heavy atom. The van der Waals surface area contributed by atoms with Crippen LogP contribution in [-0.2, 0) is 26.8 Å². The Labute approximate surface area is 230 Å². The van der Waals surface area contributed by atoms with Crippen molar-refractivity contribution in [2.45, 2.75) is 27.4 Å². The lowest BCUT2D eigenvalue weighted by molar-refractivity contribution is 0.296. The predicted molar refractivity (Wildman–Crippen MR) is 153 cm³/mol. The molecule has 0 aliphatic rings. The molecule has 4 rings (SSSR count). The molecule has 0 aliphatic heterocycles. The van der Waals surface area contributed by atoms with Crippen LogP contribution in [0.3, 0.4) is 0 Å². The molecule has 0 amide bonds. The van der Waals surface area contributed by atoms with Gasteiger partial charge in [0.1, 0.15) is 12.4 Å². The lowest BCUT2D eigenvalue weighted by Crippen LogP contribution is -2.08. The monoisotopic (exact) mass is 566 g/mol. The van der Waals surface area contributed by atoms with Gasteiger partial charge in [0.15, 0.2) is 11.5 Å². The summed E-state index contributed by atoms with van der Waals surface area (Å²) in [6.45, 7) is 6.22. The molecule has 4 aromatic carbocycles. The Morgan fingerprint density at radius 1 is 0.590 bits per heavy atom. The van der Waals surface area contributed by atoms with E-state index < -0.39 is 20.2 Å². The van der Waals surface area contributed by atoms with E-state index in [1.165, 1.54) is 0 Å². The molecule has 0 spiro atoms. The van der Waals surface area contributed by atoms with Crippen LogP contribution in [0.1, 0.15) is 22.3 Å². The molecule has 0 saturated heterocycles. The number of rotatable bonds is 9. The van der Waals surface area contributed by atoms with E-state index in [0.29, 0.717) is 5.75 Å². The molecule has 9 heteroatoms. The number of hydrogen-bond donors (Lipinski definition) is 0. The van der Waals surface area contributed by atoms with Crippen molar-refractivity contribution in [2.75, 3.05) is 12.5 Å². The van der Waals surface area contributed by atoms with Gasteiger partial charge >= 0.3 is 20.2 Å². The van der Waals surface area contributed by atoms with Crippen molar-refractivity contribution in [3.05, 3.63) is 101 Å². The fraction of sp³-hybridized carbons (Fsp3) is 0.200. The van der Waals surface area contributed by atoms with Gasteiger partial charge in [-0.15, -0.1) is 0 Å². The summed E-state index contributed by atoms with van der Waals surface area (Å²) in [6, 6.07) is 24.1. The third-order valence-electron chi connectivity index (χ3n) is 6.00. The van der Waals surface area contributed by atoms with Crippen molar-refractivity contribution in [1.82, 2.24) is 0 Å². The van der Waals surface area contributed by atoms with E-state index in [-0.39, 0.29) is 18.1 Å². The maximum absolute atomic E-state index is 12.0. The van der Waals surface area contributed by atoms with Crippen molar-refractivity contribution >= 4 is 20.2 Å². The van der Waals surface area contributed by atoms with Gasteiger partial charge in [0.2, 0.25) is 0 Å². The molecule has 4 aromatic rings. The van der Waals surface area contributed by atoms with Crippen LogP contribution in [0.15, 0.2) is 78.9 Å². The highest BCUT2D eigenvalue weighted by Gasteiger charge is 2.16. The second kappa shape index (κ2) is 11.1. The maximum atomic E-state index is 12.0. The van der Waals surface area contributed by atoms with Gasteiger partial charge in [-0.1, -0.05) is 60.2 Å². The molecule has 0 saturated carbocycles. The second-order valence-corrected chi connectivity index (χ2v) is 12.7. The minimum Gasteiger partial charge on any atom is -0.485 e. The first-order valence-corrected chi connectivity index (χ1v) is 15.7. The highest BCUT2D eigenvalue weighted by Crippen LogP contribution is 2.37. The van der Waals surface area contributed by atoms with Crippen LogP contribution in [0, 0.1) is 20.8 Å². The Balaban J connectivity index is 1.65. The van der Waals surface area contributed by atoms with Crippen LogP contribution in [-0.4, -0.2) is 29.3 Å². The first-order chi connectivity index (χ1) is 18.3. The Hall–Kier alpha value is -3.82. The molecule has 204 valence electrons. The van der Waals surface area contributed by atoms with E-state index in [1.807, 2.05) is 63.2 Å². The standard InChI is InChI=1S/C30H30O7S2/c1-20-6-8-23(9-7-20)19-35-29-15-12-25(18-30(29)37-39(5,33)34)28-17-21(2)27(16-22(28)3)24-10-13-26(14-11-24)36-38(4,31)32/h6-18H,19H2,1-5H3. The number of aryl methyl sites for hydroxylation is 3. The lowest BCUT2D eigenvalue weighted by Gasteiger charge is -2.16. The van der Waals surface area contributed by atoms with Gasteiger partial charge in [0.05, 0.1) is 12.5 Å². The molecule has 0 fully saturated rings. The summed E-state index contributed by atoms with van der Waals surface area (Å²) >= 11 is 0. The number of ether oxygens (including phenoxy) is 1. The smallest absolute Gasteiger partial charge is 0.306 e. The van der Waals surface area contributed by atoms with Crippen molar-refractivity contribution in [3.63, 3.8) is 0 Å². The minimum absolute atomic E-state index is 0.115. The van der Waals surface area contributed by atoms with E-state index >= 15 is 0 Å². The zero-order chi connectivity index (χ0) is 28.4. The molecule has 0 unspecified atom stereocenters. The SMILES string of the molecule is Cc1ccc(COc2ccc(-c3cc(C)c(-c4ccc(OS(C)(=O)=O)cc4)cc3C)cc2OS(C)(=O)=O)cc1. The summed E-state index contributed by atoms with van der Waals surface area (Å²) in [6.07, 6.45) is 2.00. The van der Waals surface area contributed by atoms with Gasteiger partial charge in [-0.3, -0.25) is 0 Å². The summed E-state index contributed by atoms with van der Waals surface area (Å²) < 4.78 is 63.0. The fourth-order valence-corrected chi connectivity index (χ4v) is 5.09. The van der Waals surface area contributed by atoms with Gasteiger partial charge in [-0.05, 0) is 84.0 Å². The molecule has 0 radical (unpaired) electrons. The predicted octanol–water partition coefficient (Wildman–Crippen LogP) is 6.20. The van der Waals surface area contributed by atoms with Gasteiger partial charge in [0.25, 0.3) is 0 Å². The molecule has 0 aromatic heterocycles. The van der Waals surface area contributed by atoms with Crippen molar-refractivity contribution < 1.29 is 29.9 Å². The van der Waals surface area contributed by atoms with E-state index in [4.69, 9.17) is 13.1 Å². The third-order valence-corrected chi connectivity index (χ3v) is 6.97.